The second kappa shape index (κ2) is 10.6. The monoisotopic (exact) mass is 429 g/mol. The number of nitrogens with zero attached hydrogens (tertiary/aromatic N) is 2. The van der Waals surface area contributed by atoms with Crippen LogP contribution in [-0.4, -0.2) is 59.3 Å². The second-order valence-electron chi connectivity index (χ2n) is 9.01. The second-order valence-corrected chi connectivity index (χ2v) is 9.01. The predicted octanol–water partition coefficient (Wildman–Crippen LogP) is 2.97. The van der Waals surface area contributed by atoms with Crippen LogP contribution in [0, 0.1) is 5.92 Å². The Morgan fingerprint density at radius 2 is 1.71 bits per heavy atom. The molecule has 2 fully saturated rings. The van der Waals surface area contributed by atoms with E-state index >= 15 is 0 Å². The highest BCUT2D eigenvalue weighted by molar-refractivity contribution is 5.94. The average molecular weight is 430 g/mol. The average Bonchev–Trinajstić information content (AvgIpc) is 2.76. The number of carbonyl (C=O) groups excluding carboxylic acids is 3. The first-order valence-electron chi connectivity index (χ1n) is 11.5. The molecule has 2 saturated heterocycles. The third-order valence-corrected chi connectivity index (χ3v) is 6.55. The van der Waals surface area contributed by atoms with Gasteiger partial charge in [0.1, 0.15) is 5.75 Å². The molecule has 2 aliphatic rings. The maximum absolute atomic E-state index is 12.9. The van der Waals surface area contributed by atoms with Gasteiger partial charge in [-0.05, 0) is 82.6 Å². The summed E-state index contributed by atoms with van der Waals surface area (Å²) in [6.07, 6.45) is 6.28. The smallest absolute Gasteiger partial charge is 0.260 e. The molecule has 7 nitrogen and oxygen atoms in total. The van der Waals surface area contributed by atoms with E-state index in [0.29, 0.717) is 30.2 Å². The van der Waals surface area contributed by atoms with Gasteiger partial charge in [-0.3, -0.25) is 14.4 Å². The summed E-state index contributed by atoms with van der Waals surface area (Å²) in [5.74, 6) is 0.609. The molecule has 0 spiro atoms. The number of piperidine rings is 2. The standard InChI is InChI=1S/C24H35N3O4/c1-17-5-3-6-18(2)27(17)23(29)16-31-21-11-9-20(10-12-21)24(30)26-14-4-7-19(15-26)8-13-22(25)28/h9-12,17-19H,3-8,13-16H2,1-2H3,(H2,25,28). The highest BCUT2D eigenvalue weighted by Gasteiger charge is 2.29. The summed E-state index contributed by atoms with van der Waals surface area (Å²) in [5, 5.41) is 0. The van der Waals surface area contributed by atoms with Crippen molar-refractivity contribution in [2.45, 2.75) is 70.9 Å². The van der Waals surface area contributed by atoms with E-state index in [0.717, 1.165) is 45.1 Å². The quantitative estimate of drug-likeness (QED) is 0.721. The van der Waals surface area contributed by atoms with Gasteiger partial charge in [-0.25, -0.2) is 0 Å². The number of nitrogens with two attached hydrogens (primary N) is 1. The van der Waals surface area contributed by atoms with Crippen molar-refractivity contribution in [3.8, 4) is 5.75 Å². The number of benzene rings is 1. The van der Waals surface area contributed by atoms with Crippen molar-refractivity contribution >= 4 is 17.7 Å². The van der Waals surface area contributed by atoms with Crippen molar-refractivity contribution in [1.82, 2.24) is 9.80 Å². The van der Waals surface area contributed by atoms with Gasteiger partial charge in [0.25, 0.3) is 11.8 Å². The molecule has 1 aromatic rings. The van der Waals surface area contributed by atoms with Gasteiger partial charge in [0.05, 0.1) is 0 Å². The number of primary amides is 1. The van der Waals surface area contributed by atoms with Crippen LogP contribution >= 0.6 is 0 Å². The first-order chi connectivity index (χ1) is 14.8. The zero-order chi connectivity index (χ0) is 22.4. The van der Waals surface area contributed by atoms with Crippen molar-refractivity contribution < 1.29 is 19.1 Å². The summed E-state index contributed by atoms with van der Waals surface area (Å²) in [5.41, 5.74) is 5.86. The Morgan fingerprint density at radius 3 is 2.35 bits per heavy atom. The number of ether oxygens (including phenoxy) is 1. The number of likely N-dealkylation sites (tertiary alicyclic amines) is 2. The van der Waals surface area contributed by atoms with Crippen LogP contribution in [-0.2, 0) is 9.59 Å². The molecule has 0 aliphatic carbocycles. The first kappa shape index (κ1) is 23.1. The zero-order valence-corrected chi connectivity index (χ0v) is 18.7. The molecule has 7 heteroatoms. The summed E-state index contributed by atoms with van der Waals surface area (Å²) < 4.78 is 5.71. The number of rotatable bonds is 7. The number of amides is 3. The molecular formula is C24H35N3O4. The lowest BCUT2D eigenvalue weighted by molar-refractivity contribution is -0.139. The molecular weight excluding hydrogens is 394 g/mol. The summed E-state index contributed by atoms with van der Waals surface area (Å²) in [7, 11) is 0. The summed E-state index contributed by atoms with van der Waals surface area (Å²) in [6, 6.07) is 7.49. The fraction of sp³-hybridized carbons (Fsp3) is 0.625. The van der Waals surface area contributed by atoms with E-state index in [1.165, 1.54) is 0 Å². The molecule has 31 heavy (non-hydrogen) atoms. The number of hydrogen-bond acceptors (Lipinski definition) is 4. The first-order valence-corrected chi connectivity index (χ1v) is 11.5. The van der Waals surface area contributed by atoms with Crippen molar-refractivity contribution in [2.75, 3.05) is 19.7 Å². The lowest BCUT2D eigenvalue weighted by Crippen LogP contribution is -2.49. The normalized spacial score (nSPS) is 24.0. The van der Waals surface area contributed by atoms with Gasteiger partial charge in [-0.2, -0.15) is 0 Å². The van der Waals surface area contributed by atoms with E-state index in [1.807, 2.05) is 9.80 Å². The molecule has 0 radical (unpaired) electrons. The molecule has 3 rings (SSSR count). The van der Waals surface area contributed by atoms with Crippen molar-refractivity contribution in [1.29, 1.82) is 0 Å². The van der Waals surface area contributed by atoms with Gasteiger partial charge < -0.3 is 20.3 Å². The Hall–Kier alpha value is -2.57. The minimum Gasteiger partial charge on any atom is -0.484 e. The van der Waals surface area contributed by atoms with E-state index in [4.69, 9.17) is 10.5 Å². The van der Waals surface area contributed by atoms with Crippen LogP contribution in [0.2, 0.25) is 0 Å². The lowest BCUT2D eigenvalue weighted by Gasteiger charge is -2.38. The van der Waals surface area contributed by atoms with Gasteiger partial charge in [0.15, 0.2) is 6.61 Å². The zero-order valence-electron chi connectivity index (χ0n) is 18.7. The fourth-order valence-corrected chi connectivity index (χ4v) is 4.84. The van der Waals surface area contributed by atoms with Gasteiger partial charge in [0, 0.05) is 37.2 Å². The van der Waals surface area contributed by atoms with Crippen LogP contribution in [0.4, 0.5) is 0 Å². The summed E-state index contributed by atoms with van der Waals surface area (Å²) in [6.45, 7) is 5.57. The predicted molar refractivity (Wildman–Crippen MR) is 119 cm³/mol. The third-order valence-electron chi connectivity index (χ3n) is 6.55. The Kier molecular flexibility index (Phi) is 7.93. The fourth-order valence-electron chi connectivity index (χ4n) is 4.84. The topological polar surface area (TPSA) is 92.9 Å². The molecule has 0 aromatic heterocycles. The van der Waals surface area contributed by atoms with Crippen molar-refractivity contribution in [2.24, 2.45) is 11.7 Å². The van der Waals surface area contributed by atoms with E-state index in [-0.39, 0.29) is 36.4 Å². The largest absolute Gasteiger partial charge is 0.484 e. The lowest BCUT2D eigenvalue weighted by atomic mass is 9.93. The Labute approximate surface area is 184 Å². The Bertz CT molecular complexity index is 770. The van der Waals surface area contributed by atoms with E-state index in [2.05, 4.69) is 13.8 Å². The third kappa shape index (κ3) is 6.21. The van der Waals surface area contributed by atoms with Gasteiger partial charge >= 0.3 is 0 Å². The van der Waals surface area contributed by atoms with Gasteiger partial charge in [-0.1, -0.05) is 0 Å². The highest BCUT2D eigenvalue weighted by atomic mass is 16.5. The van der Waals surface area contributed by atoms with E-state index < -0.39 is 0 Å². The molecule has 2 heterocycles. The van der Waals surface area contributed by atoms with Gasteiger partial charge in [0.2, 0.25) is 5.91 Å². The molecule has 0 saturated carbocycles. The summed E-state index contributed by atoms with van der Waals surface area (Å²) >= 11 is 0. The van der Waals surface area contributed by atoms with Crippen LogP contribution in [0.1, 0.15) is 69.2 Å². The van der Waals surface area contributed by atoms with Gasteiger partial charge in [-0.15, -0.1) is 0 Å². The minimum absolute atomic E-state index is 0.00942. The van der Waals surface area contributed by atoms with Crippen molar-refractivity contribution in [3.05, 3.63) is 29.8 Å². The van der Waals surface area contributed by atoms with E-state index in [9.17, 15) is 14.4 Å². The van der Waals surface area contributed by atoms with Crippen LogP contribution in [0.5, 0.6) is 5.75 Å². The van der Waals surface area contributed by atoms with Crippen LogP contribution < -0.4 is 10.5 Å². The maximum Gasteiger partial charge on any atom is 0.260 e. The SMILES string of the molecule is CC1CCCC(C)N1C(=O)COc1ccc(C(=O)N2CCCC(CCC(N)=O)C2)cc1. The molecule has 0 bridgehead atoms. The molecule has 3 amide bonds. The molecule has 2 N–H and O–H groups in total. The van der Waals surface area contributed by atoms with E-state index in [1.54, 1.807) is 24.3 Å². The Morgan fingerprint density at radius 1 is 1.03 bits per heavy atom. The number of hydrogen-bond donors (Lipinski definition) is 1. The highest BCUT2D eigenvalue weighted by Crippen LogP contribution is 2.24. The summed E-state index contributed by atoms with van der Waals surface area (Å²) in [4.78, 5) is 40.3. The van der Waals surface area contributed by atoms with Crippen molar-refractivity contribution in [3.63, 3.8) is 0 Å². The molecule has 170 valence electrons. The number of carbonyl (C=O) groups is 3. The van der Waals surface area contributed by atoms with Crippen LogP contribution in [0.3, 0.4) is 0 Å². The molecule has 1 aromatic carbocycles. The molecule has 3 atom stereocenters. The van der Waals surface area contributed by atoms with Crippen LogP contribution in [0.25, 0.3) is 0 Å². The molecule has 3 unspecified atom stereocenters. The Balaban J connectivity index is 1.51. The maximum atomic E-state index is 12.9. The van der Waals surface area contributed by atoms with Crippen LogP contribution in [0.15, 0.2) is 24.3 Å². The molecule has 2 aliphatic heterocycles. The minimum atomic E-state index is -0.290.